The highest BCUT2D eigenvalue weighted by Gasteiger charge is 2.17. The van der Waals surface area contributed by atoms with Gasteiger partial charge in [0.15, 0.2) is 0 Å². The Labute approximate surface area is 83.3 Å². The maximum Gasteiger partial charge on any atom is 0.508 e. The summed E-state index contributed by atoms with van der Waals surface area (Å²) >= 11 is 0. The molecule has 4 nitrogen and oxygen atoms in total. The average molecular weight is 192 g/mol. The minimum Gasteiger partial charge on any atom is -0.422 e. The lowest BCUT2D eigenvalue weighted by Crippen LogP contribution is -2.34. The lowest BCUT2D eigenvalue weighted by molar-refractivity contribution is 0.424. The molecule has 1 aromatic heterocycles. The first-order valence-electron chi connectivity index (χ1n) is 4.85. The first kappa shape index (κ1) is 9.49. The molecule has 0 unspecified atom stereocenters. The van der Waals surface area contributed by atoms with E-state index >= 15 is 0 Å². The minimum absolute atomic E-state index is 0.314. The molecule has 0 aliphatic carbocycles. The van der Waals surface area contributed by atoms with Crippen LogP contribution in [0.25, 0.3) is 0 Å². The van der Waals surface area contributed by atoms with Crippen LogP contribution in [-0.2, 0) is 0 Å². The van der Waals surface area contributed by atoms with Crippen molar-refractivity contribution in [2.45, 2.75) is 12.8 Å². The fourth-order valence-electron chi connectivity index (χ4n) is 1.71. The van der Waals surface area contributed by atoms with Crippen LogP contribution in [-0.4, -0.2) is 35.2 Å². The summed E-state index contributed by atoms with van der Waals surface area (Å²) in [6, 6.07) is 5.32. The van der Waals surface area contributed by atoms with Crippen LogP contribution in [0.2, 0.25) is 0 Å². The Bertz CT molecular complexity index is 313. The number of hydrogen-bond acceptors (Lipinski definition) is 4. The standard InChI is InChI=1S/C9H13BN2O2/c13-10(14)8-4-3-5-9(11-8)12-6-1-2-7-12/h3-5,13-14H,1-2,6-7H2. The highest BCUT2D eigenvalue weighted by molar-refractivity contribution is 6.57. The molecule has 1 aliphatic rings. The summed E-state index contributed by atoms with van der Waals surface area (Å²) in [5.74, 6) is 0.841. The maximum atomic E-state index is 8.97. The van der Waals surface area contributed by atoms with E-state index in [0.29, 0.717) is 5.59 Å². The van der Waals surface area contributed by atoms with E-state index in [-0.39, 0.29) is 0 Å². The van der Waals surface area contributed by atoms with Gasteiger partial charge in [0.25, 0.3) is 0 Å². The monoisotopic (exact) mass is 192 g/mol. The zero-order chi connectivity index (χ0) is 9.97. The smallest absolute Gasteiger partial charge is 0.422 e. The number of hydrogen-bond donors (Lipinski definition) is 2. The Morgan fingerprint density at radius 3 is 2.57 bits per heavy atom. The first-order chi connectivity index (χ1) is 6.77. The quantitative estimate of drug-likeness (QED) is 0.612. The second-order valence-corrected chi connectivity index (χ2v) is 3.49. The molecule has 0 saturated carbocycles. The molecule has 1 fully saturated rings. The van der Waals surface area contributed by atoms with Crippen LogP contribution >= 0.6 is 0 Å². The highest BCUT2D eigenvalue weighted by Crippen LogP contribution is 2.15. The van der Waals surface area contributed by atoms with E-state index in [2.05, 4.69) is 9.88 Å². The van der Waals surface area contributed by atoms with Crippen LogP contribution < -0.4 is 10.5 Å². The molecule has 0 atom stereocenters. The Hall–Kier alpha value is -1.07. The summed E-state index contributed by atoms with van der Waals surface area (Å²) in [7, 11) is -1.47. The van der Waals surface area contributed by atoms with Crippen LogP contribution in [0.4, 0.5) is 5.82 Å². The van der Waals surface area contributed by atoms with E-state index in [0.717, 1.165) is 18.9 Å². The molecule has 74 valence electrons. The third-order valence-corrected chi connectivity index (χ3v) is 2.45. The number of anilines is 1. The third-order valence-electron chi connectivity index (χ3n) is 2.45. The van der Waals surface area contributed by atoms with Gasteiger partial charge in [0.05, 0.1) is 5.59 Å². The van der Waals surface area contributed by atoms with Crippen LogP contribution in [0.3, 0.4) is 0 Å². The Morgan fingerprint density at radius 2 is 1.93 bits per heavy atom. The Kier molecular flexibility index (Phi) is 2.70. The number of rotatable bonds is 2. The second-order valence-electron chi connectivity index (χ2n) is 3.49. The maximum absolute atomic E-state index is 8.97. The van der Waals surface area contributed by atoms with E-state index in [1.165, 1.54) is 12.8 Å². The van der Waals surface area contributed by atoms with Crippen LogP contribution in [0, 0.1) is 0 Å². The van der Waals surface area contributed by atoms with Gasteiger partial charge in [-0.2, -0.15) is 0 Å². The molecule has 14 heavy (non-hydrogen) atoms. The number of pyridine rings is 1. The summed E-state index contributed by atoms with van der Waals surface area (Å²) in [6.45, 7) is 2.02. The number of nitrogens with zero attached hydrogens (tertiary/aromatic N) is 2. The van der Waals surface area contributed by atoms with Gasteiger partial charge in [-0.25, -0.2) is 4.98 Å². The predicted octanol–water partition coefficient (Wildman–Crippen LogP) is -0.638. The molecule has 0 bridgehead atoms. The molecule has 0 amide bonds. The van der Waals surface area contributed by atoms with Gasteiger partial charge < -0.3 is 14.9 Å². The Morgan fingerprint density at radius 1 is 1.21 bits per heavy atom. The highest BCUT2D eigenvalue weighted by atomic mass is 16.4. The molecule has 2 rings (SSSR count). The van der Waals surface area contributed by atoms with E-state index in [1.54, 1.807) is 12.1 Å². The fraction of sp³-hybridized carbons (Fsp3) is 0.444. The molecule has 1 aromatic rings. The summed E-state index contributed by atoms with van der Waals surface area (Å²) < 4.78 is 0. The summed E-state index contributed by atoms with van der Waals surface area (Å²) in [5.41, 5.74) is 0.314. The van der Waals surface area contributed by atoms with Gasteiger partial charge in [0.1, 0.15) is 5.82 Å². The zero-order valence-corrected chi connectivity index (χ0v) is 7.93. The first-order valence-corrected chi connectivity index (χ1v) is 4.85. The van der Waals surface area contributed by atoms with E-state index < -0.39 is 7.12 Å². The van der Waals surface area contributed by atoms with Gasteiger partial charge in [-0.1, -0.05) is 6.07 Å². The van der Waals surface area contributed by atoms with Crippen molar-refractivity contribution in [1.29, 1.82) is 0 Å². The molecule has 2 N–H and O–H groups in total. The van der Waals surface area contributed by atoms with Gasteiger partial charge >= 0.3 is 7.12 Å². The predicted molar refractivity (Wildman–Crippen MR) is 55.5 cm³/mol. The van der Waals surface area contributed by atoms with Gasteiger partial charge in [0, 0.05) is 13.1 Å². The normalized spacial score (nSPS) is 16.0. The van der Waals surface area contributed by atoms with Crippen LogP contribution in [0.15, 0.2) is 18.2 Å². The molecule has 0 radical (unpaired) electrons. The third kappa shape index (κ3) is 1.88. The van der Waals surface area contributed by atoms with Gasteiger partial charge in [-0.05, 0) is 25.0 Å². The van der Waals surface area contributed by atoms with Crippen molar-refractivity contribution >= 4 is 18.5 Å². The van der Waals surface area contributed by atoms with Crippen molar-refractivity contribution in [2.24, 2.45) is 0 Å². The molecule has 0 spiro atoms. The minimum atomic E-state index is -1.47. The molecule has 5 heteroatoms. The zero-order valence-electron chi connectivity index (χ0n) is 7.93. The van der Waals surface area contributed by atoms with Crippen molar-refractivity contribution < 1.29 is 10.0 Å². The van der Waals surface area contributed by atoms with Crippen LogP contribution in [0.5, 0.6) is 0 Å². The average Bonchev–Trinajstić information content (AvgIpc) is 2.71. The van der Waals surface area contributed by atoms with Gasteiger partial charge in [-0.15, -0.1) is 0 Å². The largest absolute Gasteiger partial charge is 0.508 e. The summed E-state index contributed by atoms with van der Waals surface area (Å²) in [5, 5.41) is 17.9. The summed E-state index contributed by atoms with van der Waals surface area (Å²) in [4.78, 5) is 6.34. The lowest BCUT2D eigenvalue weighted by Gasteiger charge is -2.16. The van der Waals surface area contributed by atoms with Crippen molar-refractivity contribution in [1.82, 2.24) is 4.98 Å². The number of aromatic nitrogens is 1. The van der Waals surface area contributed by atoms with Gasteiger partial charge in [-0.3, -0.25) is 0 Å². The summed E-state index contributed by atoms with van der Waals surface area (Å²) in [6.07, 6.45) is 2.38. The topological polar surface area (TPSA) is 56.6 Å². The van der Waals surface area contributed by atoms with Gasteiger partial charge in [0.2, 0.25) is 0 Å². The molecule has 1 aliphatic heterocycles. The van der Waals surface area contributed by atoms with E-state index in [9.17, 15) is 0 Å². The molecule has 0 aromatic carbocycles. The van der Waals surface area contributed by atoms with Crippen molar-refractivity contribution in [3.8, 4) is 0 Å². The SMILES string of the molecule is OB(O)c1cccc(N2CCCC2)n1. The fourth-order valence-corrected chi connectivity index (χ4v) is 1.71. The molecular formula is C9H13BN2O2. The lowest BCUT2D eigenvalue weighted by atomic mass is 9.86. The van der Waals surface area contributed by atoms with Crippen molar-refractivity contribution in [3.63, 3.8) is 0 Å². The Balaban J connectivity index is 2.21. The molecular weight excluding hydrogens is 179 g/mol. The van der Waals surface area contributed by atoms with E-state index in [4.69, 9.17) is 10.0 Å². The van der Waals surface area contributed by atoms with Crippen LogP contribution in [0.1, 0.15) is 12.8 Å². The molecule has 2 heterocycles. The van der Waals surface area contributed by atoms with E-state index in [1.807, 2.05) is 6.07 Å². The van der Waals surface area contributed by atoms with Crippen molar-refractivity contribution in [2.75, 3.05) is 18.0 Å². The van der Waals surface area contributed by atoms with Crippen molar-refractivity contribution in [3.05, 3.63) is 18.2 Å². The second kappa shape index (κ2) is 3.98. The molecule has 1 saturated heterocycles.